The van der Waals surface area contributed by atoms with Gasteiger partial charge in [0.1, 0.15) is 0 Å². The highest BCUT2D eigenvalue weighted by Gasteiger charge is 2.27. The number of amides is 1. The normalized spacial score (nSPS) is 32.8. The average molecular weight is 184 g/mol. The van der Waals surface area contributed by atoms with Gasteiger partial charge in [0.05, 0.1) is 6.04 Å². The van der Waals surface area contributed by atoms with Gasteiger partial charge in [-0.3, -0.25) is 9.69 Å². The van der Waals surface area contributed by atoms with Crippen LogP contribution in [-0.2, 0) is 4.79 Å². The maximum Gasteiger partial charge on any atom is 0.234 e. The molecule has 2 N–H and O–H groups in total. The van der Waals surface area contributed by atoms with Crippen LogP contribution in [0, 0.1) is 11.8 Å². The summed E-state index contributed by atoms with van der Waals surface area (Å²) >= 11 is 0. The first-order valence-electron chi connectivity index (χ1n) is 5.04. The van der Waals surface area contributed by atoms with Gasteiger partial charge in [-0.25, -0.2) is 0 Å². The van der Waals surface area contributed by atoms with Gasteiger partial charge in [0.2, 0.25) is 5.91 Å². The molecule has 3 heteroatoms. The smallest absolute Gasteiger partial charge is 0.234 e. The molecule has 3 unspecified atom stereocenters. The number of piperidine rings is 1. The molecule has 3 nitrogen and oxygen atoms in total. The third-order valence-electron chi connectivity index (χ3n) is 2.86. The van der Waals surface area contributed by atoms with E-state index in [0.717, 1.165) is 13.1 Å². The Labute approximate surface area is 80.3 Å². The van der Waals surface area contributed by atoms with Crippen LogP contribution in [-0.4, -0.2) is 29.9 Å². The minimum atomic E-state index is -0.207. The molecule has 0 saturated carbocycles. The summed E-state index contributed by atoms with van der Waals surface area (Å²) in [5, 5.41) is 0. The van der Waals surface area contributed by atoms with E-state index in [1.807, 2.05) is 6.92 Å². The number of nitrogens with two attached hydrogens (primary N) is 1. The summed E-state index contributed by atoms with van der Waals surface area (Å²) in [6, 6.07) is -0.106. The van der Waals surface area contributed by atoms with Crippen molar-refractivity contribution < 1.29 is 4.79 Å². The summed E-state index contributed by atoms with van der Waals surface area (Å²) < 4.78 is 0. The van der Waals surface area contributed by atoms with Crippen molar-refractivity contribution in [1.29, 1.82) is 0 Å². The summed E-state index contributed by atoms with van der Waals surface area (Å²) in [7, 11) is 0. The molecule has 0 radical (unpaired) electrons. The molecule has 1 aliphatic rings. The van der Waals surface area contributed by atoms with Crippen molar-refractivity contribution in [3.8, 4) is 0 Å². The second-order valence-electron chi connectivity index (χ2n) is 4.48. The first kappa shape index (κ1) is 10.5. The quantitative estimate of drug-likeness (QED) is 0.691. The van der Waals surface area contributed by atoms with Gasteiger partial charge in [-0.2, -0.15) is 0 Å². The van der Waals surface area contributed by atoms with E-state index in [-0.39, 0.29) is 11.9 Å². The summed E-state index contributed by atoms with van der Waals surface area (Å²) in [6.45, 7) is 8.38. The van der Waals surface area contributed by atoms with Crippen LogP contribution < -0.4 is 5.73 Å². The number of nitrogens with zero attached hydrogens (tertiary/aromatic N) is 1. The fraction of sp³-hybridized carbons (Fsp3) is 0.900. The van der Waals surface area contributed by atoms with E-state index in [9.17, 15) is 4.79 Å². The molecular weight excluding hydrogens is 164 g/mol. The van der Waals surface area contributed by atoms with Crippen molar-refractivity contribution in [3.63, 3.8) is 0 Å². The number of rotatable bonds is 2. The lowest BCUT2D eigenvalue weighted by atomic mass is 9.91. The second kappa shape index (κ2) is 4.09. The fourth-order valence-corrected chi connectivity index (χ4v) is 2.21. The molecular formula is C10H20N2O. The van der Waals surface area contributed by atoms with Gasteiger partial charge in [0.25, 0.3) is 0 Å². The lowest BCUT2D eigenvalue weighted by Crippen LogP contribution is -2.49. The largest absolute Gasteiger partial charge is 0.368 e. The Kier molecular flexibility index (Phi) is 3.31. The van der Waals surface area contributed by atoms with Gasteiger partial charge in [0, 0.05) is 13.1 Å². The van der Waals surface area contributed by atoms with E-state index < -0.39 is 0 Å². The molecule has 1 heterocycles. The van der Waals surface area contributed by atoms with Gasteiger partial charge in [-0.05, 0) is 25.2 Å². The highest BCUT2D eigenvalue weighted by molar-refractivity contribution is 5.79. The van der Waals surface area contributed by atoms with Crippen LogP contribution in [0.3, 0.4) is 0 Å². The first-order chi connectivity index (χ1) is 6.00. The zero-order valence-electron chi connectivity index (χ0n) is 8.79. The Morgan fingerprint density at radius 3 is 2.23 bits per heavy atom. The van der Waals surface area contributed by atoms with Crippen molar-refractivity contribution in [3.05, 3.63) is 0 Å². The molecule has 76 valence electrons. The third-order valence-corrected chi connectivity index (χ3v) is 2.86. The number of hydrogen-bond acceptors (Lipinski definition) is 2. The minimum Gasteiger partial charge on any atom is -0.368 e. The van der Waals surface area contributed by atoms with Crippen molar-refractivity contribution in [2.75, 3.05) is 13.1 Å². The first-order valence-corrected chi connectivity index (χ1v) is 5.04. The molecule has 3 atom stereocenters. The van der Waals surface area contributed by atoms with E-state index in [1.54, 1.807) is 0 Å². The van der Waals surface area contributed by atoms with Gasteiger partial charge in [-0.1, -0.05) is 13.8 Å². The molecule has 1 aliphatic heterocycles. The Bertz CT molecular complexity index is 183. The van der Waals surface area contributed by atoms with Crippen LogP contribution in [0.15, 0.2) is 0 Å². The number of carbonyl (C=O) groups is 1. The summed E-state index contributed by atoms with van der Waals surface area (Å²) in [6.07, 6.45) is 1.27. The summed E-state index contributed by atoms with van der Waals surface area (Å²) in [4.78, 5) is 13.2. The lowest BCUT2D eigenvalue weighted by Gasteiger charge is -2.37. The number of carbonyl (C=O) groups excluding carboxylic acids is 1. The molecule has 0 spiro atoms. The standard InChI is InChI=1S/C10H20N2O/c1-7-4-8(2)6-12(5-7)9(3)10(11)13/h7-9H,4-6H2,1-3H3,(H2,11,13). The maximum absolute atomic E-state index is 11.0. The SMILES string of the molecule is CC1CC(C)CN(C(C)C(N)=O)C1. The van der Waals surface area contributed by atoms with Crippen molar-refractivity contribution in [2.45, 2.75) is 33.2 Å². The molecule has 0 aromatic rings. The molecule has 0 bridgehead atoms. The minimum absolute atomic E-state index is 0.106. The molecule has 1 rings (SSSR count). The molecule has 0 aromatic carbocycles. The predicted octanol–water partition coefficient (Wildman–Crippen LogP) is 0.838. The van der Waals surface area contributed by atoms with Gasteiger partial charge in [0.15, 0.2) is 0 Å². The predicted molar refractivity (Wildman–Crippen MR) is 53.2 cm³/mol. The number of primary amides is 1. The van der Waals surface area contributed by atoms with Crippen LogP contribution in [0.4, 0.5) is 0 Å². The van der Waals surface area contributed by atoms with Crippen LogP contribution in [0.2, 0.25) is 0 Å². The van der Waals surface area contributed by atoms with Crippen molar-refractivity contribution >= 4 is 5.91 Å². The molecule has 1 fully saturated rings. The van der Waals surface area contributed by atoms with Gasteiger partial charge < -0.3 is 5.73 Å². The summed E-state index contributed by atoms with van der Waals surface area (Å²) in [5.74, 6) is 1.16. The zero-order chi connectivity index (χ0) is 10.0. The monoisotopic (exact) mass is 184 g/mol. The number of hydrogen-bond donors (Lipinski definition) is 1. The van der Waals surface area contributed by atoms with Crippen LogP contribution >= 0.6 is 0 Å². The van der Waals surface area contributed by atoms with E-state index in [4.69, 9.17) is 5.73 Å². The molecule has 0 aromatic heterocycles. The Morgan fingerprint density at radius 2 is 1.85 bits per heavy atom. The average Bonchev–Trinajstić information content (AvgIpc) is 2.01. The zero-order valence-corrected chi connectivity index (χ0v) is 8.79. The van der Waals surface area contributed by atoms with Gasteiger partial charge in [-0.15, -0.1) is 0 Å². The third kappa shape index (κ3) is 2.69. The molecule has 0 aliphatic carbocycles. The Balaban J connectivity index is 2.54. The van der Waals surface area contributed by atoms with Gasteiger partial charge >= 0.3 is 0 Å². The van der Waals surface area contributed by atoms with Crippen LogP contribution in [0.25, 0.3) is 0 Å². The Morgan fingerprint density at radius 1 is 1.38 bits per heavy atom. The Hall–Kier alpha value is -0.570. The topological polar surface area (TPSA) is 46.3 Å². The molecule has 13 heavy (non-hydrogen) atoms. The van der Waals surface area contributed by atoms with Crippen molar-refractivity contribution in [1.82, 2.24) is 4.90 Å². The molecule has 1 amide bonds. The van der Waals surface area contributed by atoms with E-state index in [2.05, 4.69) is 18.7 Å². The fourth-order valence-electron chi connectivity index (χ4n) is 2.21. The van der Waals surface area contributed by atoms with Crippen LogP contribution in [0.1, 0.15) is 27.2 Å². The maximum atomic E-state index is 11.0. The summed E-state index contributed by atoms with van der Waals surface area (Å²) in [5.41, 5.74) is 5.28. The van der Waals surface area contributed by atoms with E-state index in [1.165, 1.54) is 6.42 Å². The highest BCUT2D eigenvalue weighted by atomic mass is 16.1. The van der Waals surface area contributed by atoms with E-state index in [0.29, 0.717) is 11.8 Å². The highest BCUT2D eigenvalue weighted by Crippen LogP contribution is 2.22. The van der Waals surface area contributed by atoms with Crippen molar-refractivity contribution in [2.24, 2.45) is 17.6 Å². The van der Waals surface area contributed by atoms with Crippen LogP contribution in [0.5, 0.6) is 0 Å². The second-order valence-corrected chi connectivity index (χ2v) is 4.48. The number of likely N-dealkylation sites (tertiary alicyclic amines) is 1. The molecule has 1 saturated heterocycles. The van der Waals surface area contributed by atoms with E-state index >= 15 is 0 Å². The lowest BCUT2D eigenvalue weighted by molar-refractivity contribution is -0.123.